The monoisotopic (exact) mass is 220 g/mol. The van der Waals surface area contributed by atoms with E-state index in [0.717, 1.165) is 22.3 Å². The molecule has 0 saturated carbocycles. The molecule has 0 fully saturated rings. The average Bonchev–Trinajstić information content (AvgIpc) is 2.59. The van der Waals surface area contributed by atoms with Gasteiger partial charge in [-0.25, -0.2) is 0 Å². The van der Waals surface area contributed by atoms with Gasteiger partial charge in [-0.15, -0.1) is 0 Å². The van der Waals surface area contributed by atoms with Crippen molar-refractivity contribution < 1.29 is 14.3 Å². The first-order valence-electron chi connectivity index (χ1n) is 5.27. The van der Waals surface area contributed by atoms with Crippen molar-refractivity contribution in [2.24, 2.45) is 0 Å². The van der Waals surface area contributed by atoms with E-state index in [0.29, 0.717) is 6.42 Å². The number of hydrogen-bond acceptors (Lipinski definition) is 3. The second-order valence-electron chi connectivity index (χ2n) is 4.59. The largest absolute Gasteiger partial charge is 0.493 e. The number of rotatable bonds is 3. The van der Waals surface area contributed by atoms with Crippen LogP contribution in [0.15, 0.2) is 28.9 Å². The van der Waals surface area contributed by atoms with E-state index >= 15 is 0 Å². The zero-order valence-electron chi connectivity index (χ0n) is 9.78. The first kappa shape index (κ1) is 11.0. The van der Waals surface area contributed by atoms with Gasteiger partial charge >= 0.3 is 0 Å². The molecule has 86 valence electrons. The van der Waals surface area contributed by atoms with Crippen LogP contribution >= 0.6 is 0 Å². The number of aliphatic hydroxyl groups is 1. The summed E-state index contributed by atoms with van der Waals surface area (Å²) in [5.41, 5.74) is 1.01. The molecule has 3 heteroatoms. The molecule has 2 rings (SSSR count). The Balaban J connectivity index is 2.49. The van der Waals surface area contributed by atoms with Crippen LogP contribution < -0.4 is 4.74 Å². The number of furan rings is 1. The zero-order chi connectivity index (χ0) is 11.8. The molecule has 0 saturated heterocycles. The van der Waals surface area contributed by atoms with Crippen molar-refractivity contribution in [1.29, 1.82) is 0 Å². The fourth-order valence-corrected chi connectivity index (χ4v) is 1.85. The van der Waals surface area contributed by atoms with Gasteiger partial charge in [-0.2, -0.15) is 0 Å². The predicted octanol–water partition coefficient (Wildman–Crippen LogP) is 2.75. The Morgan fingerprint density at radius 2 is 2.12 bits per heavy atom. The summed E-state index contributed by atoms with van der Waals surface area (Å²) in [6, 6.07) is 5.76. The van der Waals surface area contributed by atoms with Gasteiger partial charge in [-0.1, -0.05) is 12.1 Å². The quantitative estimate of drug-likeness (QED) is 0.864. The molecule has 0 aliphatic heterocycles. The van der Waals surface area contributed by atoms with Crippen molar-refractivity contribution in [2.45, 2.75) is 25.9 Å². The van der Waals surface area contributed by atoms with Crippen LogP contribution in [-0.2, 0) is 6.42 Å². The van der Waals surface area contributed by atoms with E-state index in [-0.39, 0.29) is 0 Å². The van der Waals surface area contributed by atoms with E-state index in [4.69, 9.17) is 9.15 Å². The van der Waals surface area contributed by atoms with E-state index in [1.165, 1.54) is 0 Å². The van der Waals surface area contributed by atoms with Crippen LogP contribution in [0.5, 0.6) is 5.75 Å². The average molecular weight is 220 g/mol. The molecule has 16 heavy (non-hydrogen) atoms. The Kier molecular flexibility index (Phi) is 2.64. The minimum atomic E-state index is -0.736. The smallest absolute Gasteiger partial charge is 0.175 e. The summed E-state index contributed by atoms with van der Waals surface area (Å²) in [5.74, 6) is 0.722. The molecule has 1 aromatic heterocycles. The Hall–Kier alpha value is -1.48. The summed E-state index contributed by atoms with van der Waals surface area (Å²) < 4.78 is 10.7. The van der Waals surface area contributed by atoms with Crippen molar-refractivity contribution in [3.63, 3.8) is 0 Å². The van der Waals surface area contributed by atoms with E-state index in [1.54, 1.807) is 27.2 Å². The van der Waals surface area contributed by atoms with E-state index in [2.05, 4.69) is 0 Å². The van der Waals surface area contributed by atoms with Crippen molar-refractivity contribution in [3.05, 3.63) is 30.0 Å². The van der Waals surface area contributed by atoms with Gasteiger partial charge in [-0.05, 0) is 19.9 Å². The van der Waals surface area contributed by atoms with Gasteiger partial charge in [0.25, 0.3) is 0 Å². The molecule has 0 spiro atoms. The lowest BCUT2D eigenvalue weighted by Crippen LogP contribution is -2.21. The highest BCUT2D eigenvalue weighted by Crippen LogP contribution is 2.31. The van der Waals surface area contributed by atoms with Gasteiger partial charge in [0.15, 0.2) is 11.3 Å². The summed E-state index contributed by atoms with van der Waals surface area (Å²) in [6.07, 6.45) is 2.25. The van der Waals surface area contributed by atoms with Crippen LogP contribution in [0.25, 0.3) is 11.0 Å². The maximum Gasteiger partial charge on any atom is 0.175 e. The number of fused-ring (bicyclic) bond motifs is 1. The molecule has 0 atom stereocenters. The third kappa shape index (κ3) is 2.04. The first-order valence-corrected chi connectivity index (χ1v) is 5.27. The summed E-state index contributed by atoms with van der Waals surface area (Å²) in [4.78, 5) is 0. The predicted molar refractivity (Wildman–Crippen MR) is 62.8 cm³/mol. The lowest BCUT2D eigenvalue weighted by Gasteiger charge is -2.15. The van der Waals surface area contributed by atoms with Gasteiger partial charge in [-0.3, -0.25) is 0 Å². The molecule has 0 bridgehead atoms. The third-order valence-electron chi connectivity index (χ3n) is 2.49. The van der Waals surface area contributed by atoms with E-state index < -0.39 is 5.60 Å². The second kappa shape index (κ2) is 3.83. The van der Waals surface area contributed by atoms with Crippen molar-refractivity contribution in [3.8, 4) is 5.75 Å². The molecule has 0 radical (unpaired) electrons. The van der Waals surface area contributed by atoms with Crippen LogP contribution in [0, 0.1) is 0 Å². The number of ether oxygens (including phenoxy) is 1. The van der Waals surface area contributed by atoms with Crippen LogP contribution in [0.1, 0.15) is 19.4 Å². The summed E-state index contributed by atoms with van der Waals surface area (Å²) in [6.45, 7) is 3.57. The van der Waals surface area contributed by atoms with E-state index in [1.807, 2.05) is 18.2 Å². The Bertz CT molecular complexity index is 491. The molecule has 0 unspecified atom stereocenters. The second-order valence-corrected chi connectivity index (χ2v) is 4.59. The fourth-order valence-electron chi connectivity index (χ4n) is 1.85. The van der Waals surface area contributed by atoms with Gasteiger partial charge in [0.2, 0.25) is 0 Å². The van der Waals surface area contributed by atoms with Gasteiger partial charge in [0, 0.05) is 17.4 Å². The Labute approximate surface area is 94.6 Å². The highest BCUT2D eigenvalue weighted by molar-refractivity contribution is 5.86. The minimum Gasteiger partial charge on any atom is -0.493 e. The highest BCUT2D eigenvalue weighted by atomic mass is 16.5. The number of para-hydroxylation sites is 1. The van der Waals surface area contributed by atoms with Crippen molar-refractivity contribution >= 4 is 11.0 Å². The van der Waals surface area contributed by atoms with Gasteiger partial charge < -0.3 is 14.3 Å². The topological polar surface area (TPSA) is 42.6 Å². The van der Waals surface area contributed by atoms with Gasteiger partial charge in [0.1, 0.15) is 0 Å². The first-order chi connectivity index (χ1) is 7.51. The lowest BCUT2D eigenvalue weighted by molar-refractivity contribution is 0.0811. The third-order valence-corrected chi connectivity index (χ3v) is 2.49. The Morgan fingerprint density at radius 3 is 2.75 bits per heavy atom. The van der Waals surface area contributed by atoms with Crippen LogP contribution in [0.2, 0.25) is 0 Å². The number of methoxy groups -OCH3 is 1. The maximum absolute atomic E-state index is 9.80. The number of benzene rings is 1. The zero-order valence-corrected chi connectivity index (χ0v) is 9.78. The lowest BCUT2D eigenvalue weighted by atomic mass is 9.98. The van der Waals surface area contributed by atoms with Crippen LogP contribution in [-0.4, -0.2) is 17.8 Å². The number of hydrogen-bond donors (Lipinski definition) is 1. The molecule has 0 aliphatic carbocycles. The molecule has 3 nitrogen and oxygen atoms in total. The minimum absolute atomic E-state index is 0.563. The molecule has 0 aliphatic rings. The Morgan fingerprint density at radius 1 is 1.38 bits per heavy atom. The molecular formula is C13H16O3. The maximum atomic E-state index is 9.80. The van der Waals surface area contributed by atoms with Crippen LogP contribution in [0.4, 0.5) is 0 Å². The molecule has 0 amide bonds. The fraction of sp³-hybridized carbons (Fsp3) is 0.385. The van der Waals surface area contributed by atoms with Gasteiger partial charge in [0.05, 0.1) is 19.0 Å². The van der Waals surface area contributed by atoms with E-state index in [9.17, 15) is 5.11 Å². The molecule has 1 N–H and O–H groups in total. The summed E-state index contributed by atoms with van der Waals surface area (Å²) in [7, 11) is 1.62. The standard InChI is InChI=1S/C13H16O3/c1-13(2,14)7-9-8-16-12-10(9)5-4-6-11(12)15-3/h4-6,8,14H,7H2,1-3H3. The molecule has 1 aromatic carbocycles. The highest BCUT2D eigenvalue weighted by Gasteiger charge is 2.18. The van der Waals surface area contributed by atoms with Crippen molar-refractivity contribution in [2.75, 3.05) is 7.11 Å². The summed E-state index contributed by atoms with van der Waals surface area (Å²) in [5, 5.41) is 10.8. The molecule has 1 heterocycles. The summed E-state index contributed by atoms with van der Waals surface area (Å²) >= 11 is 0. The molecule has 2 aromatic rings. The SMILES string of the molecule is COc1cccc2c(CC(C)(C)O)coc12. The normalized spacial score (nSPS) is 12.0. The molecular weight excluding hydrogens is 204 g/mol. The van der Waals surface area contributed by atoms with Crippen LogP contribution in [0.3, 0.4) is 0 Å². The van der Waals surface area contributed by atoms with Crippen molar-refractivity contribution in [1.82, 2.24) is 0 Å².